The molecule has 0 aromatic rings. The Morgan fingerprint density at radius 3 is 2.44 bits per heavy atom. The van der Waals surface area contributed by atoms with Crippen LogP contribution in [0.4, 0.5) is 0 Å². The van der Waals surface area contributed by atoms with E-state index in [1.807, 2.05) is 13.8 Å². The molecule has 1 N–H and O–H groups in total. The van der Waals surface area contributed by atoms with Crippen molar-refractivity contribution in [3.05, 3.63) is 0 Å². The summed E-state index contributed by atoms with van der Waals surface area (Å²) in [6.45, 7) is 4.88. The molecule has 1 amide bonds. The van der Waals surface area contributed by atoms with Crippen molar-refractivity contribution in [3.63, 3.8) is 0 Å². The van der Waals surface area contributed by atoms with Gasteiger partial charge in [-0.15, -0.1) is 0 Å². The second kappa shape index (κ2) is 4.90. The van der Waals surface area contributed by atoms with Gasteiger partial charge in [-0.05, 0) is 31.1 Å². The zero-order valence-electron chi connectivity index (χ0n) is 11.3. The van der Waals surface area contributed by atoms with Crippen LogP contribution in [0, 0.1) is 17.3 Å². The number of nitrogens with zero attached hydrogens (tertiary/aromatic N) is 1. The Balaban J connectivity index is 1.97. The highest BCUT2D eigenvalue weighted by Crippen LogP contribution is 2.39. The minimum absolute atomic E-state index is 0.0662. The summed E-state index contributed by atoms with van der Waals surface area (Å²) >= 11 is 0. The average molecular weight is 253 g/mol. The van der Waals surface area contributed by atoms with Crippen molar-refractivity contribution in [2.45, 2.75) is 46.0 Å². The fourth-order valence-electron chi connectivity index (χ4n) is 3.01. The van der Waals surface area contributed by atoms with Gasteiger partial charge in [0.15, 0.2) is 0 Å². The van der Waals surface area contributed by atoms with Crippen molar-refractivity contribution in [2.24, 2.45) is 17.3 Å². The molecule has 2 rings (SSSR count). The number of carbonyl (C=O) groups excluding carboxylic acids is 1. The maximum absolute atomic E-state index is 12.1. The number of carbonyl (C=O) groups is 2. The van der Waals surface area contributed by atoms with Crippen LogP contribution in [-0.2, 0) is 9.59 Å². The minimum atomic E-state index is -0.753. The first-order chi connectivity index (χ1) is 8.45. The molecule has 1 saturated heterocycles. The van der Waals surface area contributed by atoms with Gasteiger partial charge in [0.2, 0.25) is 5.91 Å². The summed E-state index contributed by atoms with van der Waals surface area (Å²) in [5.41, 5.74) is -0.727. The van der Waals surface area contributed by atoms with Crippen molar-refractivity contribution in [2.75, 3.05) is 13.1 Å². The molecule has 2 fully saturated rings. The van der Waals surface area contributed by atoms with E-state index in [4.69, 9.17) is 0 Å². The smallest absolute Gasteiger partial charge is 0.311 e. The highest BCUT2D eigenvalue weighted by Gasteiger charge is 2.48. The standard InChI is InChI=1S/C14H23NO3/c1-10(2)14(13(17)18)6-7-15(9-14)12(16)8-11-4-3-5-11/h10-11H,3-9H2,1-2H3,(H,17,18). The summed E-state index contributed by atoms with van der Waals surface area (Å²) in [4.78, 5) is 25.4. The fraction of sp³-hybridized carbons (Fsp3) is 0.857. The average Bonchev–Trinajstić information content (AvgIpc) is 2.69. The number of amides is 1. The van der Waals surface area contributed by atoms with E-state index in [-0.39, 0.29) is 11.8 Å². The lowest BCUT2D eigenvalue weighted by atomic mass is 9.76. The summed E-state index contributed by atoms with van der Waals surface area (Å²) in [7, 11) is 0. The Morgan fingerprint density at radius 2 is 2.06 bits per heavy atom. The molecule has 1 saturated carbocycles. The van der Waals surface area contributed by atoms with E-state index >= 15 is 0 Å². The van der Waals surface area contributed by atoms with Gasteiger partial charge in [-0.1, -0.05) is 20.3 Å². The van der Waals surface area contributed by atoms with Gasteiger partial charge in [-0.25, -0.2) is 0 Å². The van der Waals surface area contributed by atoms with Crippen LogP contribution < -0.4 is 0 Å². The van der Waals surface area contributed by atoms with E-state index in [9.17, 15) is 14.7 Å². The summed E-state index contributed by atoms with van der Waals surface area (Å²) in [6.07, 6.45) is 4.77. The lowest BCUT2D eigenvalue weighted by molar-refractivity contribution is -0.151. The van der Waals surface area contributed by atoms with Crippen LogP contribution in [0.2, 0.25) is 0 Å². The van der Waals surface area contributed by atoms with Gasteiger partial charge in [0.1, 0.15) is 0 Å². The van der Waals surface area contributed by atoms with Crippen molar-refractivity contribution in [1.82, 2.24) is 4.90 Å². The van der Waals surface area contributed by atoms with E-state index in [0.29, 0.717) is 31.8 Å². The van der Waals surface area contributed by atoms with Crippen molar-refractivity contribution in [1.29, 1.82) is 0 Å². The van der Waals surface area contributed by atoms with Gasteiger partial charge >= 0.3 is 5.97 Å². The van der Waals surface area contributed by atoms with E-state index in [1.54, 1.807) is 4.90 Å². The number of aliphatic carboxylic acids is 1. The fourth-order valence-corrected chi connectivity index (χ4v) is 3.01. The molecule has 1 heterocycles. The summed E-state index contributed by atoms with van der Waals surface area (Å²) < 4.78 is 0. The molecule has 0 bridgehead atoms. The predicted molar refractivity (Wildman–Crippen MR) is 68.1 cm³/mol. The van der Waals surface area contributed by atoms with Gasteiger partial charge in [0.05, 0.1) is 5.41 Å². The molecule has 1 unspecified atom stereocenters. The van der Waals surface area contributed by atoms with Crippen molar-refractivity contribution in [3.8, 4) is 0 Å². The molecule has 0 aromatic heterocycles. The Labute approximate surface area is 108 Å². The van der Waals surface area contributed by atoms with E-state index in [1.165, 1.54) is 6.42 Å². The third-order valence-electron chi connectivity index (χ3n) is 4.87. The Kier molecular flexibility index (Phi) is 3.64. The zero-order chi connectivity index (χ0) is 13.3. The number of hydrogen-bond acceptors (Lipinski definition) is 2. The second-order valence-electron chi connectivity index (χ2n) is 6.18. The van der Waals surface area contributed by atoms with Gasteiger partial charge in [-0.3, -0.25) is 9.59 Å². The third kappa shape index (κ3) is 2.25. The van der Waals surface area contributed by atoms with Crippen LogP contribution in [0.5, 0.6) is 0 Å². The monoisotopic (exact) mass is 253 g/mol. The molecule has 4 heteroatoms. The van der Waals surface area contributed by atoms with Gasteiger partial charge in [-0.2, -0.15) is 0 Å². The Morgan fingerprint density at radius 1 is 1.39 bits per heavy atom. The number of rotatable bonds is 4. The van der Waals surface area contributed by atoms with E-state index in [0.717, 1.165) is 12.8 Å². The summed E-state index contributed by atoms with van der Waals surface area (Å²) in [5, 5.41) is 9.43. The van der Waals surface area contributed by atoms with Crippen molar-refractivity contribution < 1.29 is 14.7 Å². The molecule has 1 aliphatic carbocycles. The molecule has 102 valence electrons. The molecule has 0 aromatic carbocycles. The first-order valence-corrected chi connectivity index (χ1v) is 6.97. The number of likely N-dealkylation sites (tertiary alicyclic amines) is 1. The van der Waals surface area contributed by atoms with Crippen LogP contribution >= 0.6 is 0 Å². The molecule has 1 atom stereocenters. The first-order valence-electron chi connectivity index (χ1n) is 6.97. The van der Waals surface area contributed by atoms with Crippen LogP contribution in [0.1, 0.15) is 46.0 Å². The van der Waals surface area contributed by atoms with E-state index < -0.39 is 11.4 Å². The SMILES string of the molecule is CC(C)C1(C(=O)O)CCN(C(=O)CC2CCC2)C1. The van der Waals surface area contributed by atoms with Gasteiger partial charge in [0, 0.05) is 19.5 Å². The normalized spacial score (nSPS) is 28.5. The lowest BCUT2D eigenvalue weighted by Gasteiger charge is -2.30. The summed E-state index contributed by atoms with van der Waals surface area (Å²) in [5.74, 6) is 0.0211. The van der Waals surface area contributed by atoms with Gasteiger partial charge < -0.3 is 10.0 Å². The molecular formula is C14H23NO3. The van der Waals surface area contributed by atoms with Crippen LogP contribution in [0.25, 0.3) is 0 Å². The predicted octanol–water partition coefficient (Wildman–Crippen LogP) is 2.14. The van der Waals surface area contributed by atoms with Crippen molar-refractivity contribution >= 4 is 11.9 Å². The third-order valence-corrected chi connectivity index (χ3v) is 4.87. The minimum Gasteiger partial charge on any atom is -0.481 e. The Hall–Kier alpha value is -1.06. The second-order valence-corrected chi connectivity index (χ2v) is 6.18. The van der Waals surface area contributed by atoms with Crippen LogP contribution in [0.15, 0.2) is 0 Å². The number of carboxylic acids is 1. The molecule has 1 aliphatic heterocycles. The maximum atomic E-state index is 12.1. The molecule has 4 nitrogen and oxygen atoms in total. The van der Waals surface area contributed by atoms with Crippen LogP contribution in [0.3, 0.4) is 0 Å². The van der Waals surface area contributed by atoms with Crippen LogP contribution in [-0.4, -0.2) is 35.0 Å². The van der Waals surface area contributed by atoms with Gasteiger partial charge in [0.25, 0.3) is 0 Å². The maximum Gasteiger partial charge on any atom is 0.311 e. The summed E-state index contributed by atoms with van der Waals surface area (Å²) in [6, 6.07) is 0. The lowest BCUT2D eigenvalue weighted by Crippen LogP contribution is -2.41. The molecular weight excluding hydrogens is 230 g/mol. The quantitative estimate of drug-likeness (QED) is 0.835. The largest absolute Gasteiger partial charge is 0.481 e. The number of hydrogen-bond donors (Lipinski definition) is 1. The molecule has 18 heavy (non-hydrogen) atoms. The topological polar surface area (TPSA) is 57.6 Å². The number of carboxylic acid groups (broad SMARTS) is 1. The molecule has 0 spiro atoms. The molecule has 0 radical (unpaired) electrons. The zero-order valence-corrected chi connectivity index (χ0v) is 11.3. The highest BCUT2D eigenvalue weighted by molar-refractivity contribution is 5.81. The highest BCUT2D eigenvalue weighted by atomic mass is 16.4. The Bertz CT molecular complexity index is 349. The van der Waals surface area contributed by atoms with E-state index in [2.05, 4.69) is 0 Å². The first kappa shape index (κ1) is 13.4. The molecule has 2 aliphatic rings.